The molecule has 0 spiro atoms. The third-order valence-corrected chi connectivity index (χ3v) is 6.34. The van der Waals surface area contributed by atoms with Crippen LogP contribution in [0.25, 0.3) is 5.76 Å². The number of carbonyl (C=O) groups excluding carboxylic acids is 2. The van der Waals surface area contributed by atoms with Crippen molar-refractivity contribution in [3.63, 3.8) is 0 Å². The lowest BCUT2D eigenvalue weighted by Gasteiger charge is -2.26. The molecule has 1 fully saturated rings. The van der Waals surface area contributed by atoms with E-state index in [0.717, 1.165) is 11.3 Å². The first-order valence-electron chi connectivity index (χ1n) is 12.3. The van der Waals surface area contributed by atoms with Gasteiger partial charge in [0, 0.05) is 31.0 Å². The summed E-state index contributed by atoms with van der Waals surface area (Å²) < 4.78 is 11.2. The number of hydrogen-bond donors (Lipinski definition) is 1. The molecule has 192 valence electrons. The van der Waals surface area contributed by atoms with Gasteiger partial charge in [0.15, 0.2) is 0 Å². The van der Waals surface area contributed by atoms with E-state index in [1.807, 2.05) is 76.2 Å². The van der Waals surface area contributed by atoms with E-state index in [0.29, 0.717) is 41.5 Å². The summed E-state index contributed by atoms with van der Waals surface area (Å²) in [5.41, 5.74) is 3.50. The predicted octanol–water partition coefficient (Wildman–Crippen LogP) is 5.48. The summed E-state index contributed by atoms with van der Waals surface area (Å²) in [6.45, 7) is 6.71. The molecule has 1 N–H and O–H groups in total. The van der Waals surface area contributed by atoms with Crippen LogP contribution in [0, 0.1) is 6.92 Å². The van der Waals surface area contributed by atoms with Crippen LogP contribution in [0.15, 0.2) is 72.3 Å². The Morgan fingerprint density at radius 1 is 0.919 bits per heavy atom. The highest BCUT2D eigenvalue weighted by molar-refractivity contribution is 6.51. The topological polar surface area (TPSA) is 79.3 Å². The van der Waals surface area contributed by atoms with Gasteiger partial charge in [0.25, 0.3) is 11.7 Å². The summed E-state index contributed by atoms with van der Waals surface area (Å²) in [5.74, 6) is -0.277. The number of anilines is 2. The first kappa shape index (κ1) is 25.8. The molecule has 0 aromatic heterocycles. The highest BCUT2D eigenvalue weighted by Gasteiger charge is 2.47. The van der Waals surface area contributed by atoms with E-state index >= 15 is 0 Å². The standard InChI is InChI=1S/C30H32N2O5/c1-6-36-24-15-8-20(9-16-24)27-26(28(33)21-10-17-25(37-7-2)19(3)18-21)29(34)30(35)32(27)23-13-11-22(12-14-23)31(4)5/h8-18,27,33H,6-7H2,1-5H3/b28-26-. The van der Waals surface area contributed by atoms with Gasteiger partial charge >= 0.3 is 0 Å². The Kier molecular flexibility index (Phi) is 7.53. The number of nitrogens with zero attached hydrogens (tertiary/aromatic N) is 2. The first-order valence-corrected chi connectivity index (χ1v) is 12.3. The number of benzene rings is 3. The minimum Gasteiger partial charge on any atom is -0.507 e. The number of hydrogen-bond acceptors (Lipinski definition) is 6. The van der Waals surface area contributed by atoms with Crippen molar-refractivity contribution in [1.29, 1.82) is 0 Å². The van der Waals surface area contributed by atoms with Crippen molar-refractivity contribution < 1.29 is 24.2 Å². The van der Waals surface area contributed by atoms with Crippen LogP contribution in [-0.2, 0) is 9.59 Å². The molecule has 1 heterocycles. The van der Waals surface area contributed by atoms with E-state index in [1.54, 1.807) is 30.3 Å². The van der Waals surface area contributed by atoms with Crippen molar-refractivity contribution in [2.75, 3.05) is 37.1 Å². The molecule has 0 aliphatic carbocycles. The van der Waals surface area contributed by atoms with Crippen molar-refractivity contribution >= 4 is 28.8 Å². The molecule has 1 amide bonds. The van der Waals surface area contributed by atoms with Crippen molar-refractivity contribution in [2.45, 2.75) is 26.8 Å². The zero-order chi connectivity index (χ0) is 26.7. The molecule has 0 radical (unpaired) electrons. The molecule has 1 atom stereocenters. The SMILES string of the molecule is CCOc1ccc(C2/C(=C(/O)c3ccc(OCC)c(C)c3)C(=O)C(=O)N2c2ccc(N(C)C)cc2)cc1. The molecule has 7 heteroatoms. The Morgan fingerprint density at radius 2 is 1.57 bits per heavy atom. The molecule has 7 nitrogen and oxygen atoms in total. The van der Waals surface area contributed by atoms with Gasteiger partial charge in [0.05, 0.1) is 24.8 Å². The Bertz CT molecular complexity index is 1330. The van der Waals surface area contributed by atoms with Gasteiger partial charge in [-0.1, -0.05) is 12.1 Å². The average Bonchev–Trinajstić information content (AvgIpc) is 3.15. The van der Waals surface area contributed by atoms with Crippen LogP contribution in [0.5, 0.6) is 11.5 Å². The number of carbonyl (C=O) groups is 2. The first-order chi connectivity index (χ1) is 17.8. The molecule has 37 heavy (non-hydrogen) atoms. The monoisotopic (exact) mass is 500 g/mol. The van der Waals surface area contributed by atoms with Crippen LogP contribution in [0.2, 0.25) is 0 Å². The number of ether oxygens (including phenoxy) is 2. The molecule has 4 rings (SSSR count). The number of aryl methyl sites for hydroxylation is 1. The Balaban J connectivity index is 1.87. The number of amides is 1. The van der Waals surface area contributed by atoms with Crippen LogP contribution in [0.3, 0.4) is 0 Å². The highest BCUT2D eigenvalue weighted by Crippen LogP contribution is 2.43. The molecule has 1 aliphatic rings. The van der Waals surface area contributed by atoms with Gasteiger partial charge in [-0.05, 0) is 86.5 Å². The zero-order valence-electron chi connectivity index (χ0n) is 21.8. The van der Waals surface area contributed by atoms with E-state index in [4.69, 9.17) is 9.47 Å². The van der Waals surface area contributed by atoms with Gasteiger partial charge in [-0.25, -0.2) is 0 Å². The van der Waals surface area contributed by atoms with Gasteiger partial charge in [-0.15, -0.1) is 0 Å². The summed E-state index contributed by atoms with van der Waals surface area (Å²) in [4.78, 5) is 30.2. The lowest BCUT2D eigenvalue weighted by atomic mass is 9.94. The van der Waals surface area contributed by atoms with E-state index in [1.165, 1.54) is 4.90 Å². The Morgan fingerprint density at radius 3 is 2.14 bits per heavy atom. The predicted molar refractivity (Wildman–Crippen MR) is 146 cm³/mol. The van der Waals surface area contributed by atoms with Crippen LogP contribution < -0.4 is 19.3 Å². The van der Waals surface area contributed by atoms with Crippen molar-refractivity contribution in [1.82, 2.24) is 0 Å². The maximum absolute atomic E-state index is 13.4. The molecule has 1 unspecified atom stereocenters. The van der Waals surface area contributed by atoms with Crippen LogP contribution >= 0.6 is 0 Å². The van der Waals surface area contributed by atoms with Crippen LogP contribution in [0.4, 0.5) is 11.4 Å². The van der Waals surface area contributed by atoms with Crippen molar-refractivity contribution in [2.24, 2.45) is 0 Å². The summed E-state index contributed by atoms with van der Waals surface area (Å²) in [6, 6.07) is 19.0. The normalized spacial score (nSPS) is 16.7. The number of aliphatic hydroxyl groups excluding tert-OH is 1. The Hall–Kier alpha value is -4.26. The summed E-state index contributed by atoms with van der Waals surface area (Å²) in [7, 11) is 3.86. The highest BCUT2D eigenvalue weighted by atomic mass is 16.5. The molecule has 1 aliphatic heterocycles. The fourth-order valence-corrected chi connectivity index (χ4v) is 4.51. The minimum atomic E-state index is -0.812. The van der Waals surface area contributed by atoms with E-state index in [9.17, 15) is 14.7 Å². The molecule has 3 aromatic carbocycles. The third-order valence-electron chi connectivity index (χ3n) is 6.34. The number of aliphatic hydroxyl groups is 1. The van der Waals surface area contributed by atoms with Crippen LogP contribution in [0.1, 0.15) is 36.6 Å². The molecular formula is C30H32N2O5. The summed E-state index contributed by atoms with van der Waals surface area (Å²) in [6.07, 6.45) is 0. The molecule has 3 aromatic rings. The lowest BCUT2D eigenvalue weighted by molar-refractivity contribution is -0.132. The molecule has 0 bridgehead atoms. The van der Waals surface area contributed by atoms with Crippen LogP contribution in [-0.4, -0.2) is 44.1 Å². The van der Waals surface area contributed by atoms with Gasteiger partial charge in [0.1, 0.15) is 17.3 Å². The van der Waals surface area contributed by atoms with E-state index < -0.39 is 17.7 Å². The number of rotatable bonds is 8. The summed E-state index contributed by atoms with van der Waals surface area (Å²) >= 11 is 0. The molecule has 1 saturated heterocycles. The van der Waals surface area contributed by atoms with E-state index in [2.05, 4.69) is 0 Å². The van der Waals surface area contributed by atoms with Crippen molar-refractivity contribution in [3.05, 3.63) is 89.0 Å². The maximum Gasteiger partial charge on any atom is 0.300 e. The second-order valence-electron chi connectivity index (χ2n) is 9.00. The largest absolute Gasteiger partial charge is 0.507 e. The van der Waals surface area contributed by atoms with Gasteiger partial charge in [0.2, 0.25) is 0 Å². The van der Waals surface area contributed by atoms with Gasteiger partial charge in [-0.3, -0.25) is 14.5 Å². The Labute approximate surface area is 217 Å². The van der Waals surface area contributed by atoms with Gasteiger partial charge < -0.3 is 19.5 Å². The van der Waals surface area contributed by atoms with Gasteiger partial charge in [-0.2, -0.15) is 0 Å². The maximum atomic E-state index is 13.4. The van der Waals surface area contributed by atoms with Crippen molar-refractivity contribution in [3.8, 4) is 11.5 Å². The second-order valence-corrected chi connectivity index (χ2v) is 9.00. The van der Waals surface area contributed by atoms with E-state index in [-0.39, 0.29) is 11.3 Å². The minimum absolute atomic E-state index is 0.0365. The lowest BCUT2D eigenvalue weighted by Crippen LogP contribution is -2.29. The fourth-order valence-electron chi connectivity index (χ4n) is 4.51. The fraction of sp³-hybridized carbons (Fsp3) is 0.267. The zero-order valence-corrected chi connectivity index (χ0v) is 21.8. The third kappa shape index (κ3) is 5.03. The smallest absolute Gasteiger partial charge is 0.300 e. The summed E-state index contributed by atoms with van der Waals surface area (Å²) in [5, 5.41) is 11.4. The molecular weight excluding hydrogens is 468 g/mol. The number of ketones is 1. The average molecular weight is 501 g/mol. The number of Topliss-reactive ketones (excluding diaryl/α,β-unsaturated/α-hetero) is 1. The quantitative estimate of drug-likeness (QED) is 0.251. The second kappa shape index (κ2) is 10.8. The molecule has 0 saturated carbocycles.